The summed E-state index contributed by atoms with van der Waals surface area (Å²) < 4.78 is 1.82. The molecule has 0 radical (unpaired) electrons. The van der Waals surface area contributed by atoms with Crippen LogP contribution in [0.1, 0.15) is 27.3 Å². The maximum atomic E-state index is 12.2. The average Bonchev–Trinajstić information content (AvgIpc) is 3.28. The molecule has 0 aliphatic heterocycles. The standard InChI is InChI=1S/C19H21N5O3S/c1-3-16-21-13-6-4-5-7-14(13)24(16)11-18(26)23-22-17(25)10-20-19(27)15-9-8-12(2)28-15/h4-9H,3,10-11H2,1-2H3,(H,20,27)(H,22,25)(H,23,26). The zero-order valence-corrected chi connectivity index (χ0v) is 16.4. The summed E-state index contributed by atoms with van der Waals surface area (Å²) in [7, 11) is 0. The first-order valence-electron chi connectivity index (χ1n) is 8.84. The number of para-hydroxylation sites is 2. The molecule has 3 amide bonds. The lowest BCUT2D eigenvalue weighted by atomic mass is 10.3. The van der Waals surface area contributed by atoms with Crippen molar-refractivity contribution in [3.63, 3.8) is 0 Å². The van der Waals surface area contributed by atoms with Crippen LogP contribution in [0.5, 0.6) is 0 Å². The summed E-state index contributed by atoms with van der Waals surface area (Å²) in [5.41, 5.74) is 6.36. The first-order valence-corrected chi connectivity index (χ1v) is 9.66. The molecule has 0 fully saturated rings. The van der Waals surface area contributed by atoms with Gasteiger partial charge in [0.2, 0.25) is 0 Å². The van der Waals surface area contributed by atoms with Gasteiger partial charge in [0.25, 0.3) is 17.7 Å². The Morgan fingerprint density at radius 2 is 1.82 bits per heavy atom. The van der Waals surface area contributed by atoms with Crippen molar-refractivity contribution in [1.82, 2.24) is 25.7 Å². The fraction of sp³-hybridized carbons (Fsp3) is 0.263. The normalized spacial score (nSPS) is 10.6. The quantitative estimate of drug-likeness (QED) is 0.547. The van der Waals surface area contributed by atoms with Crippen LogP contribution in [0.15, 0.2) is 36.4 Å². The van der Waals surface area contributed by atoms with Gasteiger partial charge in [0.1, 0.15) is 12.4 Å². The number of aryl methyl sites for hydroxylation is 2. The molecule has 0 unspecified atom stereocenters. The van der Waals surface area contributed by atoms with Crippen LogP contribution in [0.4, 0.5) is 0 Å². The minimum atomic E-state index is -0.513. The topological polar surface area (TPSA) is 105 Å². The minimum Gasteiger partial charge on any atom is -0.342 e. The van der Waals surface area contributed by atoms with E-state index < -0.39 is 5.91 Å². The first kappa shape index (κ1) is 19.6. The highest BCUT2D eigenvalue weighted by Gasteiger charge is 2.14. The number of hydrazine groups is 1. The molecule has 146 valence electrons. The molecule has 2 heterocycles. The predicted octanol–water partition coefficient (Wildman–Crippen LogP) is 1.55. The van der Waals surface area contributed by atoms with Crippen molar-refractivity contribution in [2.75, 3.05) is 6.54 Å². The number of carbonyl (C=O) groups is 3. The largest absolute Gasteiger partial charge is 0.342 e. The fourth-order valence-electron chi connectivity index (χ4n) is 2.74. The highest BCUT2D eigenvalue weighted by molar-refractivity contribution is 7.13. The molecule has 3 rings (SSSR count). The number of amides is 3. The number of rotatable bonds is 6. The van der Waals surface area contributed by atoms with Crippen molar-refractivity contribution in [3.8, 4) is 0 Å². The van der Waals surface area contributed by atoms with Gasteiger partial charge in [0, 0.05) is 11.3 Å². The smallest absolute Gasteiger partial charge is 0.261 e. The third-order valence-electron chi connectivity index (χ3n) is 4.07. The summed E-state index contributed by atoms with van der Waals surface area (Å²) in [6.45, 7) is 3.67. The van der Waals surface area contributed by atoms with Crippen LogP contribution in [-0.2, 0) is 22.6 Å². The molecule has 28 heavy (non-hydrogen) atoms. The van der Waals surface area contributed by atoms with Crippen molar-refractivity contribution < 1.29 is 14.4 Å². The van der Waals surface area contributed by atoms with Crippen LogP contribution in [0, 0.1) is 6.92 Å². The summed E-state index contributed by atoms with van der Waals surface area (Å²) >= 11 is 1.35. The number of hydrogen-bond donors (Lipinski definition) is 3. The second kappa shape index (κ2) is 8.66. The molecule has 3 aromatic rings. The Balaban J connectivity index is 1.50. The second-order valence-electron chi connectivity index (χ2n) is 6.15. The molecule has 3 N–H and O–H groups in total. The molecule has 0 saturated carbocycles. The van der Waals surface area contributed by atoms with Crippen molar-refractivity contribution >= 4 is 40.1 Å². The lowest BCUT2D eigenvalue weighted by Crippen LogP contribution is -2.47. The number of imidazole rings is 1. The number of hydrogen-bond acceptors (Lipinski definition) is 5. The van der Waals surface area contributed by atoms with Gasteiger partial charge in [0.05, 0.1) is 22.5 Å². The van der Waals surface area contributed by atoms with Crippen molar-refractivity contribution in [2.24, 2.45) is 0 Å². The van der Waals surface area contributed by atoms with Crippen LogP contribution in [0.3, 0.4) is 0 Å². The molecule has 0 bridgehead atoms. The number of thiophene rings is 1. The number of carbonyl (C=O) groups excluding carboxylic acids is 3. The fourth-order valence-corrected chi connectivity index (χ4v) is 3.53. The van der Waals surface area contributed by atoms with E-state index in [-0.39, 0.29) is 24.9 Å². The Kier molecular flexibility index (Phi) is 6.05. The van der Waals surface area contributed by atoms with Gasteiger partial charge >= 0.3 is 0 Å². The molecule has 0 atom stereocenters. The Hall–Kier alpha value is -3.20. The lowest BCUT2D eigenvalue weighted by molar-refractivity contribution is -0.128. The summed E-state index contributed by atoms with van der Waals surface area (Å²) in [4.78, 5) is 42.1. The summed E-state index contributed by atoms with van der Waals surface area (Å²) in [6.07, 6.45) is 0.683. The van der Waals surface area contributed by atoms with E-state index in [1.165, 1.54) is 11.3 Å². The van der Waals surface area contributed by atoms with Gasteiger partial charge in [-0.1, -0.05) is 19.1 Å². The molecule has 9 heteroatoms. The van der Waals surface area contributed by atoms with Crippen LogP contribution in [0.2, 0.25) is 0 Å². The van der Waals surface area contributed by atoms with E-state index in [0.717, 1.165) is 21.7 Å². The molecule has 0 aliphatic carbocycles. The third kappa shape index (κ3) is 4.55. The zero-order valence-electron chi connectivity index (χ0n) is 15.6. The molecule has 8 nitrogen and oxygen atoms in total. The summed E-state index contributed by atoms with van der Waals surface area (Å²) in [6, 6.07) is 11.1. The molecule has 0 spiro atoms. The number of nitrogens with zero attached hydrogens (tertiary/aromatic N) is 2. The SMILES string of the molecule is CCc1nc2ccccc2n1CC(=O)NNC(=O)CNC(=O)c1ccc(C)s1. The maximum Gasteiger partial charge on any atom is 0.261 e. The maximum absolute atomic E-state index is 12.2. The molecular formula is C19H21N5O3S. The Labute approximate surface area is 165 Å². The van der Waals surface area contributed by atoms with Gasteiger partial charge < -0.3 is 9.88 Å². The zero-order chi connectivity index (χ0) is 20.1. The molecule has 2 aromatic heterocycles. The summed E-state index contributed by atoms with van der Waals surface area (Å²) in [5, 5.41) is 2.52. The molecule has 1 aromatic carbocycles. The predicted molar refractivity (Wildman–Crippen MR) is 107 cm³/mol. The van der Waals surface area contributed by atoms with Gasteiger partial charge in [0.15, 0.2) is 0 Å². The van der Waals surface area contributed by atoms with Crippen LogP contribution >= 0.6 is 11.3 Å². The number of nitrogens with one attached hydrogen (secondary N) is 3. The van der Waals surface area contributed by atoms with Gasteiger partial charge in [-0.05, 0) is 31.2 Å². The first-order chi connectivity index (χ1) is 13.5. The highest BCUT2D eigenvalue weighted by atomic mass is 32.1. The number of aromatic nitrogens is 2. The number of fused-ring (bicyclic) bond motifs is 1. The van der Waals surface area contributed by atoms with E-state index in [1.807, 2.05) is 48.7 Å². The lowest BCUT2D eigenvalue weighted by Gasteiger charge is -2.10. The van der Waals surface area contributed by atoms with Gasteiger partial charge in [-0.3, -0.25) is 25.2 Å². The van der Waals surface area contributed by atoms with E-state index in [0.29, 0.717) is 11.3 Å². The Morgan fingerprint density at radius 1 is 1.07 bits per heavy atom. The van der Waals surface area contributed by atoms with Crippen LogP contribution in [0.25, 0.3) is 11.0 Å². The molecule has 0 saturated heterocycles. The average molecular weight is 399 g/mol. The van der Waals surface area contributed by atoms with Crippen LogP contribution in [-0.4, -0.2) is 33.8 Å². The van der Waals surface area contributed by atoms with Gasteiger partial charge in [-0.15, -0.1) is 11.3 Å². The third-order valence-corrected chi connectivity index (χ3v) is 5.07. The molecule has 0 aliphatic rings. The van der Waals surface area contributed by atoms with Crippen molar-refractivity contribution in [2.45, 2.75) is 26.8 Å². The monoisotopic (exact) mass is 399 g/mol. The van der Waals surface area contributed by atoms with Crippen LogP contribution < -0.4 is 16.2 Å². The Bertz CT molecular complexity index is 1020. The Morgan fingerprint density at radius 3 is 2.54 bits per heavy atom. The molecular weight excluding hydrogens is 378 g/mol. The van der Waals surface area contributed by atoms with Gasteiger partial charge in [-0.25, -0.2) is 4.98 Å². The van der Waals surface area contributed by atoms with E-state index in [9.17, 15) is 14.4 Å². The van der Waals surface area contributed by atoms with E-state index in [1.54, 1.807) is 6.07 Å². The second-order valence-corrected chi connectivity index (χ2v) is 7.43. The number of benzene rings is 1. The van der Waals surface area contributed by atoms with Crippen molar-refractivity contribution in [3.05, 3.63) is 52.0 Å². The minimum absolute atomic E-state index is 0.0325. The van der Waals surface area contributed by atoms with E-state index in [2.05, 4.69) is 21.2 Å². The van der Waals surface area contributed by atoms with Gasteiger partial charge in [-0.2, -0.15) is 0 Å². The van der Waals surface area contributed by atoms with E-state index in [4.69, 9.17) is 0 Å². The van der Waals surface area contributed by atoms with E-state index >= 15 is 0 Å². The highest BCUT2D eigenvalue weighted by Crippen LogP contribution is 2.16. The van der Waals surface area contributed by atoms with Crippen molar-refractivity contribution in [1.29, 1.82) is 0 Å². The summed E-state index contributed by atoms with van der Waals surface area (Å²) in [5.74, 6) is -0.425.